The van der Waals surface area contributed by atoms with E-state index in [1.165, 1.54) is 23.1 Å². The Kier molecular flexibility index (Phi) is 6.20. The third kappa shape index (κ3) is 5.34. The Bertz CT molecular complexity index is 912. The predicted molar refractivity (Wildman–Crippen MR) is 99.6 cm³/mol. The molecule has 0 N–H and O–H groups in total. The molecule has 0 unspecified atom stereocenters. The average Bonchev–Trinajstić information content (AvgIpc) is 3.15. The summed E-state index contributed by atoms with van der Waals surface area (Å²) in [7, 11) is 0. The predicted octanol–water partition coefficient (Wildman–Crippen LogP) is 4.78. The van der Waals surface area contributed by atoms with Gasteiger partial charge in [0.25, 0.3) is 0 Å². The summed E-state index contributed by atoms with van der Waals surface area (Å²) in [6, 6.07) is 10.9. The molecule has 0 saturated carbocycles. The van der Waals surface area contributed by atoms with Crippen LogP contribution < -0.4 is 0 Å². The molecule has 0 fully saturated rings. The summed E-state index contributed by atoms with van der Waals surface area (Å²) in [6.07, 6.45) is -4.31. The molecule has 0 spiro atoms. The highest BCUT2D eigenvalue weighted by molar-refractivity contribution is 6.01. The van der Waals surface area contributed by atoms with Crippen LogP contribution in [0.3, 0.4) is 0 Å². The van der Waals surface area contributed by atoms with E-state index < -0.39 is 17.8 Å². The summed E-state index contributed by atoms with van der Waals surface area (Å²) in [6.45, 7) is 1.89. The molecule has 4 nitrogen and oxygen atoms in total. The van der Waals surface area contributed by atoms with E-state index in [9.17, 15) is 22.4 Å². The monoisotopic (exact) mass is 408 g/mol. The van der Waals surface area contributed by atoms with Crippen LogP contribution in [0.25, 0.3) is 0 Å². The highest BCUT2D eigenvalue weighted by Crippen LogP contribution is 2.30. The Morgan fingerprint density at radius 1 is 1.21 bits per heavy atom. The quantitative estimate of drug-likeness (QED) is 0.646. The lowest BCUT2D eigenvalue weighted by atomic mass is 10.0. The largest absolute Gasteiger partial charge is 0.416 e. The van der Waals surface area contributed by atoms with Crippen LogP contribution in [0.15, 0.2) is 53.7 Å². The van der Waals surface area contributed by atoms with Crippen LogP contribution in [0, 0.1) is 5.82 Å². The first-order valence-corrected chi connectivity index (χ1v) is 9.18. The van der Waals surface area contributed by atoms with Crippen LogP contribution in [0.4, 0.5) is 17.6 Å². The fourth-order valence-corrected chi connectivity index (χ4v) is 3.16. The number of amides is 1. The molecule has 29 heavy (non-hydrogen) atoms. The maximum atomic E-state index is 13.4. The molecule has 2 aromatic rings. The van der Waals surface area contributed by atoms with Crippen LogP contribution in [-0.4, -0.2) is 29.2 Å². The zero-order valence-electron chi connectivity index (χ0n) is 15.7. The van der Waals surface area contributed by atoms with Crippen molar-refractivity contribution in [2.75, 3.05) is 6.54 Å². The zero-order chi connectivity index (χ0) is 21.0. The number of rotatable bonds is 6. The van der Waals surface area contributed by atoms with E-state index in [2.05, 4.69) is 5.16 Å². The molecule has 3 rings (SSSR count). The van der Waals surface area contributed by atoms with Gasteiger partial charge >= 0.3 is 6.18 Å². The molecule has 0 aliphatic carbocycles. The Labute approximate surface area is 165 Å². The van der Waals surface area contributed by atoms with Gasteiger partial charge in [-0.2, -0.15) is 13.2 Å². The number of hydrogen-bond donors (Lipinski definition) is 0. The molecule has 154 valence electrons. The van der Waals surface area contributed by atoms with Gasteiger partial charge in [-0.05, 0) is 29.8 Å². The molecule has 0 bridgehead atoms. The third-order valence-corrected chi connectivity index (χ3v) is 4.60. The number of carbonyl (C=O) groups excluding carboxylic acids is 1. The Morgan fingerprint density at radius 3 is 2.66 bits per heavy atom. The molecule has 0 saturated heterocycles. The van der Waals surface area contributed by atoms with Gasteiger partial charge in [-0.15, -0.1) is 0 Å². The van der Waals surface area contributed by atoms with Gasteiger partial charge in [0.2, 0.25) is 5.91 Å². The zero-order valence-corrected chi connectivity index (χ0v) is 15.7. The number of hydrogen-bond acceptors (Lipinski definition) is 3. The van der Waals surface area contributed by atoms with Gasteiger partial charge in [0.05, 0.1) is 17.8 Å². The lowest BCUT2D eigenvalue weighted by Gasteiger charge is -2.25. The minimum absolute atomic E-state index is 0.0335. The van der Waals surface area contributed by atoms with Crippen molar-refractivity contribution in [2.45, 2.75) is 38.6 Å². The van der Waals surface area contributed by atoms with Crippen molar-refractivity contribution >= 4 is 11.6 Å². The van der Waals surface area contributed by atoms with Crippen LogP contribution in [-0.2, 0) is 22.4 Å². The third-order valence-electron chi connectivity index (χ3n) is 4.60. The van der Waals surface area contributed by atoms with Crippen molar-refractivity contribution in [2.24, 2.45) is 5.16 Å². The first kappa shape index (κ1) is 20.8. The Morgan fingerprint density at radius 2 is 1.97 bits per heavy atom. The van der Waals surface area contributed by atoms with E-state index in [1.807, 2.05) is 0 Å². The molecular weight excluding hydrogens is 388 g/mol. The second kappa shape index (κ2) is 8.63. The van der Waals surface area contributed by atoms with E-state index in [1.54, 1.807) is 25.1 Å². The Hall–Kier alpha value is -2.90. The van der Waals surface area contributed by atoms with Gasteiger partial charge in [-0.3, -0.25) is 4.79 Å². The maximum Gasteiger partial charge on any atom is 0.416 e. The topological polar surface area (TPSA) is 41.9 Å². The van der Waals surface area contributed by atoms with Gasteiger partial charge in [0, 0.05) is 24.9 Å². The smallest absolute Gasteiger partial charge is 0.390 e. The summed E-state index contributed by atoms with van der Waals surface area (Å²) in [4.78, 5) is 19.2. The summed E-state index contributed by atoms with van der Waals surface area (Å²) in [5.41, 5.74) is 0.787. The molecule has 1 aliphatic heterocycles. The molecule has 0 aromatic heterocycles. The second-order valence-electron chi connectivity index (χ2n) is 6.81. The molecule has 1 atom stereocenters. The average molecular weight is 408 g/mol. The highest BCUT2D eigenvalue weighted by atomic mass is 19.4. The lowest BCUT2D eigenvalue weighted by Crippen LogP contribution is -2.37. The van der Waals surface area contributed by atoms with E-state index >= 15 is 0 Å². The van der Waals surface area contributed by atoms with Gasteiger partial charge in [0.1, 0.15) is 5.82 Å². The summed E-state index contributed by atoms with van der Waals surface area (Å²) >= 11 is 0. The second-order valence-corrected chi connectivity index (χ2v) is 6.81. The van der Waals surface area contributed by atoms with E-state index in [0.29, 0.717) is 23.3 Å². The minimum Gasteiger partial charge on any atom is -0.390 e. The fourth-order valence-electron chi connectivity index (χ4n) is 3.16. The molecule has 8 heteroatoms. The first-order chi connectivity index (χ1) is 13.8. The molecular formula is C21H20F4N2O2. The van der Waals surface area contributed by atoms with E-state index in [0.717, 1.165) is 12.1 Å². The summed E-state index contributed by atoms with van der Waals surface area (Å²) in [5.74, 6) is -0.591. The number of alkyl halides is 3. The normalized spacial score (nSPS) is 16.3. The van der Waals surface area contributed by atoms with E-state index in [4.69, 9.17) is 4.84 Å². The summed E-state index contributed by atoms with van der Waals surface area (Å²) in [5, 5.41) is 3.98. The number of oxime groups is 1. The van der Waals surface area contributed by atoms with Crippen molar-refractivity contribution < 1.29 is 27.2 Å². The fraction of sp³-hybridized carbons (Fsp3) is 0.333. The highest BCUT2D eigenvalue weighted by Gasteiger charge is 2.31. The SMILES string of the molecule is CCC(=O)N(Cc1cccc(C(F)(F)F)c1)C[C@@H]1CC(c2cccc(F)c2)=NO1. The van der Waals surface area contributed by atoms with Gasteiger partial charge in [-0.1, -0.05) is 36.3 Å². The van der Waals surface area contributed by atoms with Crippen molar-refractivity contribution in [1.82, 2.24) is 4.90 Å². The lowest BCUT2D eigenvalue weighted by molar-refractivity contribution is -0.137. The van der Waals surface area contributed by atoms with Gasteiger partial charge in [0.15, 0.2) is 6.10 Å². The minimum atomic E-state index is -4.45. The number of halogens is 4. The van der Waals surface area contributed by atoms with Crippen LogP contribution in [0.1, 0.15) is 36.5 Å². The molecule has 0 radical (unpaired) electrons. The van der Waals surface area contributed by atoms with Crippen LogP contribution in [0.5, 0.6) is 0 Å². The Balaban J connectivity index is 1.69. The van der Waals surface area contributed by atoms with Gasteiger partial charge in [-0.25, -0.2) is 4.39 Å². The number of nitrogens with zero attached hydrogens (tertiary/aromatic N) is 2. The molecule has 2 aromatic carbocycles. The first-order valence-electron chi connectivity index (χ1n) is 9.18. The standard InChI is InChI=1S/C21H20F4N2O2/c1-2-20(28)27(12-14-5-3-7-16(9-14)21(23,24)25)13-18-11-19(26-29-18)15-6-4-8-17(22)10-15/h3-10,18H,2,11-13H2,1H3/t18-/m0/s1. The maximum absolute atomic E-state index is 13.4. The van der Waals surface area contributed by atoms with Gasteiger partial charge < -0.3 is 9.74 Å². The van der Waals surface area contributed by atoms with Crippen molar-refractivity contribution in [3.63, 3.8) is 0 Å². The van der Waals surface area contributed by atoms with Crippen LogP contribution in [0.2, 0.25) is 0 Å². The van der Waals surface area contributed by atoms with Crippen molar-refractivity contribution in [3.8, 4) is 0 Å². The van der Waals surface area contributed by atoms with E-state index in [-0.39, 0.29) is 31.2 Å². The molecule has 1 heterocycles. The van der Waals surface area contributed by atoms with Crippen molar-refractivity contribution in [1.29, 1.82) is 0 Å². The molecule has 1 aliphatic rings. The molecule has 1 amide bonds. The van der Waals surface area contributed by atoms with Crippen molar-refractivity contribution in [3.05, 3.63) is 71.0 Å². The summed E-state index contributed by atoms with van der Waals surface area (Å²) < 4.78 is 52.3. The van der Waals surface area contributed by atoms with Crippen LogP contribution >= 0.6 is 0 Å². The number of carbonyl (C=O) groups is 1. The number of benzene rings is 2.